The zero-order valence-corrected chi connectivity index (χ0v) is 14.2. The fraction of sp³-hybridized carbons (Fsp3) is 0.529. The standard InChI is InChI=1S/C17H21N5O3/c1-11-8-22(16(25)19-15(11)24)9-13(23)21-6-2-4-17(10-21)5-3-12-7-18-20-14(12)17/h7-8H,2-6,9-10H2,1H3,(H,18,20)(H,19,24,25). The molecule has 2 N–H and O–H groups in total. The third-order valence-electron chi connectivity index (χ3n) is 5.55. The van der Waals surface area contributed by atoms with Crippen molar-refractivity contribution < 1.29 is 4.79 Å². The summed E-state index contributed by atoms with van der Waals surface area (Å²) in [5.41, 5.74) is 1.84. The molecular weight excluding hydrogens is 322 g/mol. The van der Waals surface area contributed by atoms with E-state index < -0.39 is 11.2 Å². The molecule has 1 fully saturated rings. The lowest BCUT2D eigenvalue weighted by Crippen LogP contribution is -2.49. The SMILES string of the molecule is Cc1cn(CC(=O)N2CCCC3(CCc4cn[nH]c43)C2)c(=O)[nH]c1=O. The highest BCUT2D eigenvalue weighted by molar-refractivity contribution is 5.76. The molecule has 0 saturated carbocycles. The van der Waals surface area contributed by atoms with Gasteiger partial charge in [-0.1, -0.05) is 0 Å². The van der Waals surface area contributed by atoms with Crippen molar-refractivity contribution in [3.05, 3.63) is 50.1 Å². The Hall–Kier alpha value is -2.64. The van der Waals surface area contributed by atoms with Gasteiger partial charge >= 0.3 is 5.69 Å². The summed E-state index contributed by atoms with van der Waals surface area (Å²) in [6, 6.07) is 0. The Kier molecular flexibility index (Phi) is 3.63. The first-order valence-corrected chi connectivity index (χ1v) is 8.59. The van der Waals surface area contributed by atoms with E-state index in [-0.39, 0.29) is 17.9 Å². The van der Waals surface area contributed by atoms with Gasteiger partial charge in [0.05, 0.1) is 6.20 Å². The molecule has 2 aromatic heterocycles. The average Bonchev–Trinajstić information content (AvgIpc) is 3.18. The molecule has 4 rings (SSSR count). The van der Waals surface area contributed by atoms with Crippen LogP contribution in [0.25, 0.3) is 0 Å². The monoisotopic (exact) mass is 343 g/mol. The fourth-order valence-electron chi connectivity index (χ4n) is 4.19. The number of rotatable bonds is 2. The number of carbonyl (C=O) groups is 1. The third-order valence-corrected chi connectivity index (χ3v) is 5.55. The molecule has 1 saturated heterocycles. The minimum atomic E-state index is -0.549. The topological polar surface area (TPSA) is 104 Å². The largest absolute Gasteiger partial charge is 0.340 e. The van der Waals surface area contributed by atoms with E-state index in [0.29, 0.717) is 18.7 Å². The highest BCUT2D eigenvalue weighted by Crippen LogP contribution is 2.43. The van der Waals surface area contributed by atoms with Crippen molar-refractivity contribution in [3.63, 3.8) is 0 Å². The van der Waals surface area contributed by atoms with Gasteiger partial charge in [-0.25, -0.2) is 4.79 Å². The summed E-state index contributed by atoms with van der Waals surface area (Å²) in [4.78, 5) is 40.2. The molecule has 132 valence electrons. The first kappa shape index (κ1) is 15.9. The zero-order valence-electron chi connectivity index (χ0n) is 14.2. The van der Waals surface area contributed by atoms with E-state index in [1.54, 1.807) is 6.92 Å². The summed E-state index contributed by atoms with van der Waals surface area (Å²) in [6.07, 6.45) is 7.33. The average molecular weight is 343 g/mol. The Morgan fingerprint density at radius 3 is 3.04 bits per heavy atom. The molecule has 8 heteroatoms. The second-order valence-corrected chi connectivity index (χ2v) is 7.17. The van der Waals surface area contributed by atoms with Crippen LogP contribution in [0.4, 0.5) is 0 Å². The van der Waals surface area contributed by atoms with Crippen LogP contribution in [0.2, 0.25) is 0 Å². The minimum Gasteiger partial charge on any atom is -0.340 e. The Balaban J connectivity index is 1.55. The van der Waals surface area contributed by atoms with Gasteiger partial charge in [-0.3, -0.25) is 24.2 Å². The van der Waals surface area contributed by atoms with Crippen LogP contribution in [-0.2, 0) is 23.2 Å². The van der Waals surface area contributed by atoms with Gasteiger partial charge < -0.3 is 4.90 Å². The number of likely N-dealkylation sites (tertiary alicyclic amines) is 1. The Bertz CT molecular complexity index is 940. The number of hydrogen-bond acceptors (Lipinski definition) is 4. The Morgan fingerprint density at radius 1 is 1.36 bits per heavy atom. The molecule has 1 spiro atoms. The molecule has 1 aliphatic carbocycles. The molecular formula is C17H21N5O3. The second-order valence-electron chi connectivity index (χ2n) is 7.17. The smallest absolute Gasteiger partial charge is 0.328 e. The summed E-state index contributed by atoms with van der Waals surface area (Å²) < 4.78 is 1.27. The van der Waals surface area contributed by atoms with Gasteiger partial charge in [-0.2, -0.15) is 5.10 Å². The lowest BCUT2D eigenvalue weighted by atomic mass is 9.77. The summed E-state index contributed by atoms with van der Waals surface area (Å²) >= 11 is 0. The molecule has 2 aliphatic rings. The zero-order chi connectivity index (χ0) is 17.6. The maximum absolute atomic E-state index is 12.8. The van der Waals surface area contributed by atoms with Gasteiger partial charge in [0.2, 0.25) is 5.91 Å². The molecule has 25 heavy (non-hydrogen) atoms. The maximum atomic E-state index is 12.8. The van der Waals surface area contributed by atoms with Crippen LogP contribution in [0.1, 0.15) is 36.1 Å². The first-order chi connectivity index (χ1) is 12.0. The number of piperidine rings is 1. The van der Waals surface area contributed by atoms with Crippen molar-refractivity contribution in [2.75, 3.05) is 13.1 Å². The number of H-pyrrole nitrogens is 2. The first-order valence-electron chi connectivity index (χ1n) is 8.59. The van der Waals surface area contributed by atoms with Crippen LogP contribution in [0.15, 0.2) is 22.0 Å². The van der Waals surface area contributed by atoms with Crippen molar-refractivity contribution in [2.24, 2.45) is 0 Å². The van der Waals surface area contributed by atoms with E-state index in [1.165, 1.54) is 22.0 Å². The van der Waals surface area contributed by atoms with Gasteiger partial charge in [-0.15, -0.1) is 0 Å². The van der Waals surface area contributed by atoms with E-state index >= 15 is 0 Å². The summed E-state index contributed by atoms with van der Waals surface area (Å²) in [5, 5.41) is 7.28. The molecule has 1 atom stereocenters. The van der Waals surface area contributed by atoms with E-state index in [2.05, 4.69) is 15.2 Å². The van der Waals surface area contributed by atoms with Gasteiger partial charge in [0.1, 0.15) is 6.54 Å². The van der Waals surface area contributed by atoms with Crippen LogP contribution < -0.4 is 11.2 Å². The van der Waals surface area contributed by atoms with Crippen LogP contribution in [0.5, 0.6) is 0 Å². The number of amides is 1. The Morgan fingerprint density at radius 2 is 2.20 bits per heavy atom. The molecule has 1 aliphatic heterocycles. The molecule has 0 bridgehead atoms. The summed E-state index contributed by atoms with van der Waals surface area (Å²) in [7, 11) is 0. The number of aryl methyl sites for hydroxylation is 2. The van der Waals surface area contributed by atoms with E-state index in [0.717, 1.165) is 25.7 Å². The van der Waals surface area contributed by atoms with Gasteiger partial charge in [-0.05, 0) is 38.2 Å². The van der Waals surface area contributed by atoms with Gasteiger partial charge in [0, 0.05) is 36.0 Å². The highest BCUT2D eigenvalue weighted by atomic mass is 16.2. The number of aromatic amines is 2. The van der Waals surface area contributed by atoms with Crippen molar-refractivity contribution in [1.82, 2.24) is 24.6 Å². The number of nitrogens with one attached hydrogen (secondary N) is 2. The summed E-state index contributed by atoms with van der Waals surface area (Å²) in [6.45, 7) is 2.91. The third kappa shape index (κ3) is 2.61. The molecule has 0 radical (unpaired) electrons. The van der Waals surface area contributed by atoms with Crippen molar-refractivity contribution in [3.8, 4) is 0 Å². The summed E-state index contributed by atoms with van der Waals surface area (Å²) in [5.74, 6) is -0.0967. The maximum Gasteiger partial charge on any atom is 0.328 e. The molecule has 1 unspecified atom stereocenters. The molecule has 2 aromatic rings. The number of nitrogens with zero attached hydrogens (tertiary/aromatic N) is 3. The predicted octanol–water partition coefficient (Wildman–Crippen LogP) is 0.0747. The molecule has 3 heterocycles. The second kappa shape index (κ2) is 5.72. The fourth-order valence-corrected chi connectivity index (χ4v) is 4.19. The van der Waals surface area contributed by atoms with Crippen LogP contribution in [-0.4, -0.2) is 43.6 Å². The number of aromatic nitrogens is 4. The van der Waals surface area contributed by atoms with Crippen molar-refractivity contribution in [2.45, 2.75) is 44.6 Å². The van der Waals surface area contributed by atoms with Crippen LogP contribution in [0.3, 0.4) is 0 Å². The highest BCUT2D eigenvalue weighted by Gasteiger charge is 2.44. The quantitative estimate of drug-likeness (QED) is 0.805. The minimum absolute atomic E-state index is 0.0361. The normalized spacial score (nSPS) is 22.4. The molecule has 1 amide bonds. The van der Waals surface area contributed by atoms with Crippen molar-refractivity contribution in [1.29, 1.82) is 0 Å². The van der Waals surface area contributed by atoms with Crippen LogP contribution >= 0.6 is 0 Å². The predicted molar refractivity (Wildman–Crippen MR) is 90.5 cm³/mol. The van der Waals surface area contributed by atoms with E-state index in [1.807, 2.05) is 11.1 Å². The van der Waals surface area contributed by atoms with E-state index in [4.69, 9.17) is 0 Å². The lowest BCUT2D eigenvalue weighted by Gasteiger charge is -2.40. The number of fused-ring (bicyclic) bond motifs is 2. The number of hydrogen-bond donors (Lipinski definition) is 2. The molecule has 8 nitrogen and oxygen atoms in total. The number of carbonyl (C=O) groups excluding carboxylic acids is 1. The lowest BCUT2D eigenvalue weighted by molar-refractivity contribution is -0.134. The van der Waals surface area contributed by atoms with Gasteiger partial charge in [0.25, 0.3) is 5.56 Å². The Labute approximate surface area is 143 Å². The van der Waals surface area contributed by atoms with Crippen LogP contribution in [0, 0.1) is 6.92 Å². The van der Waals surface area contributed by atoms with Crippen molar-refractivity contribution >= 4 is 5.91 Å². The molecule has 0 aromatic carbocycles. The van der Waals surface area contributed by atoms with Gasteiger partial charge in [0.15, 0.2) is 0 Å². The van der Waals surface area contributed by atoms with E-state index in [9.17, 15) is 14.4 Å².